The number of anilines is 1. The first kappa shape index (κ1) is 12.9. The molecule has 0 bridgehead atoms. The average molecular weight is 256 g/mol. The molecule has 0 aromatic carbocycles. The molecule has 19 heavy (non-hydrogen) atoms. The number of nitrogen functional groups attached to an aromatic ring is 1. The van der Waals surface area contributed by atoms with Gasteiger partial charge in [-0.1, -0.05) is 6.07 Å². The largest absolute Gasteiger partial charge is 0.382 e. The van der Waals surface area contributed by atoms with Gasteiger partial charge in [-0.2, -0.15) is 0 Å². The van der Waals surface area contributed by atoms with E-state index in [0.29, 0.717) is 18.2 Å². The molecule has 0 radical (unpaired) electrons. The highest BCUT2D eigenvalue weighted by atomic mass is 15.2. The van der Waals surface area contributed by atoms with Gasteiger partial charge in [-0.15, -0.1) is 0 Å². The third-order valence-corrected chi connectivity index (χ3v) is 2.66. The normalized spacial score (nSPS) is 10.2. The Kier molecular flexibility index (Phi) is 4.02. The maximum atomic E-state index is 7.41. The zero-order valence-electron chi connectivity index (χ0n) is 10.7. The number of amidine groups is 1. The molecule has 2 aromatic rings. The summed E-state index contributed by atoms with van der Waals surface area (Å²) in [6, 6.07) is 7.41. The molecule has 3 N–H and O–H groups in total. The number of hydrogen-bond donors (Lipinski definition) is 2. The van der Waals surface area contributed by atoms with Gasteiger partial charge in [-0.3, -0.25) is 10.4 Å². The standard InChI is InChI=1S/C13H16N6/c1-2-19(9-10-5-3-4-7-16-10)13-17-8-6-11(18-13)12(14)15/h3-8H,2,9H2,1H3,(H3,14,15). The summed E-state index contributed by atoms with van der Waals surface area (Å²) in [5.41, 5.74) is 6.82. The van der Waals surface area contributed by atoms with E-state index in [1.165, 1.54) is 0 Å². The molecule has 0 aliphatic rings. The second kappa shape index (κ2) is 5.90. The van der Waals surface area contributed by atoms with E-state index in [1.807, 2.05) is 30.0 Å². The number of nitrogens with two attached hydrogens (primary N) is 1. The number of nitrogens with zero attached hydrogens (tertiary/aromatic N) is 4. The monoisotopic (exact) mass is 256 g/mol. The van der Waals surface area contributed by atoms with Gasteiger partial charge in [0.05, 0.1) is 12.2 Å². The van der Waals surface area contributed by atoms with Crippen LogP contribution in [0.25, 0.3) is 0 Å². The van der Waals surface area contributed by atoms with Crippen LogP contribution in [0.4, 0.5) is 5.95 Å². The minimum absolute atomic E-state index is 0.0578. The first-order valence-corrected chi connectivity index (χ1v) is 6.03. The lowest BCUT2D eigenvalue weighted by Crippen LogP contribution is -2.26. The highest BCUT2D eigenvalue weighted by Gasteiger charge is 2.10. The predicted octanol–water partition coefficient (Wildman–Crippen LogP) is 1.18. The predicted molar refractivity (Wildman–Crippen MR) is 74.0 cm³/mol. The first-order chi connectivity index (χ1) is 9.20. The van der Waals surface area contributed by atoms with Crippen molar-refractivity contribution in [2.75, 3.05) is 11.4 Å². The van der Waals surface area contributed by atoms with Crippen LogP contribution in [0.2, 0.25) is 0 Å². The topological polar surface area (TPSA) is 91.8 Å². The molecular weight excluding hydrogens is 240 g/mol. The highest BCUT2D eigenvalue weighted by Crippen LogP contribution is 2.10. The van der Waals surface area contributed by atoms with Crippen molar-refractivity contribution in [2.45, 2.75) is 13.5 Å². The SMILES string of the molecule is CCN(Cc1ccccn1)c1nccc(C(=N)N)n1. The Hall–Kier alpha value is -2.50. The van der Waals surface area contributed by atoms with E-state index < -0.39 is 0 Å². The second-order valence-electron chi connectivity index (χ2n) is 3.99. The van der Waals surface area contributed by atoms with E-state index in [-0.39, 0.29) is 5.84 Å². The molecule has 0 saturated carbocycles. The molecule has 0 spiro atoms. The molecule has 0 saturated heterocycles. The Balaban J connectivity index is 2.22. The Labute approximate surface area is 111 Å². The van der Waals surface area contributed by atoms with Gasteiger partial charge in [0.15, 0.2) is 0 Å². The van der Waals surface area contributed by atoms with Crippen molar-refractivity contribution >= 4 is 11.8 Å². The molecule has 0 amide bonds. The molecule has 0 fully saturated rings. The zero-order valence-corrected chi connectivity index (χ0v) is 10.7. The van der Waals surface area contributed by atoms with Crippen LogP contribution in [-0.2, 0) is 6.54 Å². The molecule has 0 unspecified atom stereocenters. The van der Waals surface area contributed by atoms with Gasteiger partial charge >= 0.3 is 0 Å². The van der Waals surface area contributed by atoms with Gasteiger partial charge in [-0.05, 0) is 25.1 Å². The van der Waals surface area contributed by atoms with Crippen LogP contribution in [0.3, 0.4) is 0 Å². The van der Waals surface area contributed by atoms with E-state index in [9.17, 15) is 0 Å². The zero-order chi connectivity index (χ0) is 13.7. The van der Waals surface area contributed by atoms with Crippen molar-refractivity contribution in [3.63, 3.8) is 0 Å². The van der Waals surface area contributed by atoms with Crippen LogP contribution < -0.4 is 10.6 Å². The molecule has 2 aromatic heterocycles. The van der Waals surface area contributed by atoms with E-state index in [0.717, 1.165) is 12.2 Å². The van der Waals surface area contributed by atoms with Crippen molar-refractivity contribution in [1.82, 2.24) is 15.0 Å². The van der Waals surface area contributed by atoms with E-state index >= 15 is 0 Å². The lowest BCUT2D eigenvalue weighted by molar-refractivity contribution is 0.773. The first-order valence-electron chi connectivity index (χ1n) is 6.03. The van der Waals surface area contributed by atoms with Crippen LogP contribution in [-0.4, -0.2) is 27.3 Å². The summed E-state index contributed by atoms with van der Waals surface area (Å²) >= 11 is 0. The molecule has 0 atom stereocenters. The third-order valence-electron chi connectivity index (χ3n) is 2.66. The summed E-state index contributed by atoms with van der Waals surface area (Å²) in [5.74, 6) is 0.499. The van der Waals surface area contributed by atoms with E-state index in [1.54, 1.807) is 18.5 Å². The fraction of sp³-hybridized carbons (Fsp3) is 0.231. The minimum atomic E-state index is -0.0578. The van der Waals surface area contributed by atoms with Gasteiger partial charge in [0, 0.05) is 18.9 Å². The molecule has 0 aliphatic heterocycles. The smallest absolute Gasteiger partial charge is 0.226 e. The molecule has 0 aliphatic carbocycles. The number of rotatable bonds is 5. The van der Waals surface area contributed by atoms with E-state index in [4.69, 9.17) is 11.1 Å². The fourth-order valence-electron chi connectivity index (χ4n) is 1.66. The Morgan fingerprint density at radius 3 is 2.74 bits per heavy atom. The molecular formula is C13H16N6. The van der Waals surface area contributed by atoms with Crippen LogP contribution in [0.15, 0.2) is 36.7 Å². The molecule has 98 valence electrons. The number of hydrogen-bond acceptors (Lipinski definition) is 5. The quantitative estimate of drug-likeness (QED) is 0.619. The average Bonchev–Trinajstić information content (AvgIpc) is 2.46. The van der Waals surface area contributed by atoms with Crippen molar-refractivity contribution in [1.29, 1.82) is 5.41 Å². The second-order valence-corrected chi connectivity index (χ2v) is 3.99. The maximum Gasteiger partial charge on any atom is 0.226 e. The number of aromatic nitrogens is 3. The minimum Gasteiger partial charge on any atom is -0.382 e. The van der Waals surface area contributed by atoms with E-state index in [2.05, 4.69) is 15.0 Å². The van der Waals surface area contributed by atoms with Gasteiger partial charge in [0.2, 0.25) is 5.95 Å². The summed E-state index contributed by atoms with van der Waals surface area (Å²) in [6.07, 6.45) is 3.37. The highest BCUT2D eigenvalue weighted by molar-refractivity contribution is 5.93. The van der Waals surface area contributed by atoms with Gasteiger partial charge in [-0.25, -0.2) is 9.97 Å². The summed E-state index contributed by atoms with van der Waals surface area (Å²) in [4.78, 5) is 14.8. The number of nitrogens with one attached hydrogen (secondary N) is 1. The Bertz CT molecular complexity index is 554. The van der Waals surface area contributed by atoms with Gasteiger partial charge < -0.3 is 10.6 Å². The van der Waals surface area contributed by atoms with Crippen molar-refractivity contribution < 1.29 is 0 Å². The van der Waals surface area contributed by atoms with Crippen LogP contribution in [0.1, 0.15) is 18.3 Å². The third kappa shape index (κ3) is 3.25. The Morgan fingerprint density at radius 2 is 2.11 bits per heavy atom. The molecule has 2 heterocycles. The fourth-order valence-corrected chi connectivity index (χ4v) is 1.66. The lowest BCUT2D eigenvalue weighted by Gasteiger charge is -2.20. The van der Waals surface area contributed by atoms with Gasteiger partial charge in [0.25, 0.3) is 0 Å². The summed E-state index contributed by atoms with van der Waals surface area (Å²) in [7, 11) is 0. The Morgan fingerprint density at radius 1 is 1.26 bits per heavy atom. The molecule has 6 nitrogen and oxygen atoms in total. The van der Waals surface area contributed by atoms with Gasteiger partial charge in [0.1, 0.15) is 11.5 Å². The van der Waals surface area contributed by atoms with Crippen LogP contribution in [0.5, 0.6) is 0 Å². The lowest BCUT2D eigenvalue weighted by atomic mass is 10.3. The maximum absolute atomic E-state index is 7.41. The van der Waals surface area contributed by atoms with Crippen molar-refractivity contribution in [2.24, 2.45) is 5.73 Å². The number of pyridine rings is 1. The molecule has 2 rings (SSSR count). The van der Waals surface area contributed by atoms with Crippen LogP contribution >= 0.6 is 0 Å². The van der Waals surface area contributed by atoms with Crippen molar-refractivity contribution in [3.8, 4) is 0 Å². The summed E-state index contributed by atoms with van der Waals surface area (Å²) in [5, 5.41) is 7.41. The summed E-state index contributed by atoms with van der Waals surface area (Å²) < 4.78 is 0. The summed E-state index contributed by atoms with van der Waals surface area (Å²) in [6.45, 7) is 3.39. The molecule has 6 heteroatoms. The van der Waals surface area contributed by atoms with Crippen LogP contribution in [0, 0.1) is 5.41 Å². The van der Waals surface area contributed by atoms with Crippen molar-refractivity contribution in [3.05, 3.63) is 48.0 Å².